The van der Waals surface area contributed by atoms with Crippen LogP contribution in [-0.2, 0) is 0 Å². The van der Waals surface area contributed by atoms with Crippen LogP contribution < -0.4 is 5.32 Å². The highest BCUT2D eigenvalue weighted by Crippen LogP contribution is 2.36. The van der Waals surface area contributed by atoms with Gasteiger partial charge in [0.15, 0.2) is 0 Å². The number of para-hydroxylation sites is 1. The molecule has 0 spiro atoms. The molecule has 1 aromatic carbocycles. The first kappa shape index (κ1) is 14.1. The van der Waals surface area contributed by atoms with Gasteiger partial charge in [0.25, 0.3) is 0 Å². The van der Waals surface area contributed by atoms with Gasteiger partial charge in [-0.2, -0.15) is 0 Å². The fourth-order valence-corrected chi connectivity index (χ4v) is 4.35. The Morgan fingerprint density at radius 2 is 1.85 bits per heavy atom. The molecule has 3 rings (SSSR count). The Kier molecular flexibility index (Phi) is 4.46. The van der Waals surface area contributed by atoms with Gasteiger partial charge in [-0.3, -0.25) is 0 Å². The van der Waals surface area contributed by atoms with Crippen molar-refractivity contribution in [2.75, 3.05) is 5.32 Å². The number of halogens is 2. The predicted octanol–water partition coefficient (Wildman–Crippen LogP) is 6.43. The second kappa shape index (κ2) is 6.31. The monoisotopic (exact) mass is 383 g/mol. The summed E-state index contributed by atoms with van der Waals surface area (Å²) in [4.78, 5) is 2.49. The molecule has 0 aliphatic carbocycles. The average Bonchev–Trinajstić information content (AvgIpc) is 3.09. The lowest BCUT2D eigenvalue weighted by Gasteiger charge is -2.18. The van der Waals surface area contributed by atoms with Crippen molar-refractivity contribution in [3.8, 4) is 0 Å². The third-order valence-corrected chi connectivity index (χ3v) is 5.80. The lowest BCUT2D eigenvalue weighted by atomic mass is 10.2. The first-order valence-electron chi connectivity index (χ1n) is 6.04. The molecule has 1 atom stereocenters. The molecule has 0 saturated heterocycles. The number of rotatable bonds is 4. The topological polar surface area (TPSA) is 12.0 Å². The zero-order valence-corrected chi connectivity index (χ0v) is 14.3. The molecule has 0 amide bonds. The van der Waals surface area contributed by atoms with Gasteiger partial charge >= 0.3 is 0 Å². The minimum Gasteiger partial charge on any atom is -0.372 e. The Bertz CT molecular complexity index is 693. The Hall–Kier alpha value is -0.810. The summed E-state index contributed by atoms with van der Waals surface area (Å²) in [6.45, 7) is 0. The van der Waals surface area contributed by atoms with E-state index < -0.39 is 0 Å². The molecule has 3 aromatic rings. The van der Waals surface area contributed by atoms with Crippen LogP contribution in [0.5, 0.6) is 0 Å². The van der Waals surface area contributed by atoms with Crippen molar-refractivity contribution in [2.45, 2.75) is 6.04 Å². The van der Waals surface area contributed by atoms with Gasteiger partial charge in [0, 0.05) is 19.9 Å². The fourth-order valence-electron chi connectivity index (χ4n) is 1.96. The molecule has 20 heavy (non-hydrogen) atoms. The van der Waals surface area contributed by atoms with Gasteiger partial charge in [0.2, 0.25) is 0 Å². The molecular formula is C15H11BrClNS2. The normalized spacial score (nSPS) is 12.3. The van der Waals surface area contributed by atoms with Gasteiger partial charge in [-0.05, 0) is 51.6 Å². The number of hydrogen-bond acceptors (Lipinski definition) is 3. The number of anilines is 1. The summed E-state index contributed by atoms with van der Waals surface area (Å²) in [7, 11) is 0. The Labute approximate surface area is 139 Å². The second-order valence-electron chi connectivity index (χ2n) is 4.21. The van der Waals surface area contributed by atoms with E-state index in [4.69, 9.17) is 11.6 Å². The van der Waals surface area contributed by atoms with E-state index in [0.717, 1.165) is 14.5 Å². The molecule has 1 nitrogen and oxygen atoms in total. The van der Waals surface area contributed by atoms with Crippen LogP contribution in [0.25, 0.3) is 0 Å². The van der Waals surface area contributed by atoms with Crippen LogP contribution in [0.3, 0.4) is 0 Å². The summed E-state index contributed by atoms with van der Waals surface area (Å²) in [6, 6.07) is 16.5. The summed E-state index contributed by atoms with van der Waals surface area (Å²) >= 11 is 13.0. The molecule has 0 bridgehead atoms. The minimum atomic E-state index is 0.131. The van der Waals surface area contributed by atoms with E-state index in [1.807, 2.05) is 24.3 Å². The van der Waals surface area contributed by atoms with Gasteiger partial charge < -0.3 is 5.32 Å². The first-order chi connectivity index (χ1) is 9.74. The predicted molar refractivity (Wildman–Crippen MR) is 93.3 cm³/mol. The largest absolute Gasteiger partial charge is 0.372 e. The lowest BCUT2D eigenvalue weighted by Crippen LogP contribution is -2.09. The fraction of sp³-hybridized carbons (Fsp3) is 0.0667. The maximum absolute atomic E-state index is 6.09. The smallest absolute Gasteiger partial charge is 0.0954 e. The van der Waals surface area contributed by atoms with Crippen molar-refractivity contribution < 1.29 is 0 Å². The van der Waals surface area contributed by atoms with Crippen LogP contribution >= 0.6 is 50.2 Å². The van der Waals surface area contributed by atoms with E-state index in [1.165, 1.54) is 9.75 Å². The Balaban J connectivity index is 1.97. The van der Waals surface area contributed by atoms with Gasteiger partial charge in [-0.25, -0.2) is 0 Å². The van der Waals surface area contributed by atoms with E-state index in [1.54, 1.807) is 22.7 Å². The second-order valence-corrected chi connectivity index (χ2v) is 7.79. The number of hydrogen-bond donors (Lipinski definition) is 1. The van der Waals surface area contributed by atoms with Gasteiger partial charge in [-0.15, -0.1) is 22.7 Å². The van der Waals surface area contributed by atoms with Crippen molar-refractivity contribution in [1.82, 2.24) is 0 Å². The highest BCUT2D eigenvalue weighted by Gasteiger charge is 2.18. The quantitative estimate of drug-likeness (QED) is 0.546. The molecule has 0 aliphatic heterocycles. The van der Waals surface area contributed by atoms with E-state index in [9.17, 15) is 0 Å². The standard InChI is InChI=1S/C15H11BrClNS2/c16-10-4-1-2-5-11(10)18-15(12-6-3-9-19-12)13-7-8-14(17)20-13/h1-9,15,18H. The highest BCUT2D eigenvalue weighted by molar-refractivity contribution is 9.10. The van der Waals surface area contributed by atoms with Gasteiger partial charge in [0.1, 0.15) is 0 Å². The van der Waals surface area contributed by atoms with Crippen LogP contribution in [0.15, 0.2) is 58.4 Å². The number of nitrogens with one attached hydrogen (secondary N) is 1. The summed E-state index contributed by atoms with van der Waals surface area (Å²) in [5.74, 6) is 0. The lowest BCUT2D eigenvalue weighted by molar-refractivity contribution is 0.991. The van der Waals surface area contributed by atoms with Crippen molar-refractivity contribution in [3.63, 3.8) is 0 Å². The zero-order chi connectivity index (χ0) is 13.9. The zero-order valence-electron chi connectivity index (χ0n) is 10.3. The number of benzene rings is 1. The molecule has 102 valence electrons. The van der Waals surface area contributed by atoms with Crippen molar-refractivity contribution >= 4 is 55.9 Å². The summed E-state index contributed by atoms with van der Waals surface area (Å²) in [6.07, 6.45) is 0. The molecule has 0 radical (unpaired) electrons. The molecule has 5 heteroatoms. The van der Waals surface area contributed by atoms with Crippen molar-refractivity contribution in [2.24, 2.45) is 0 Å². The molecule has 1 unspecified atom stereocenters. The summed E-state index contributed by atoms with van der Waals surface area (Å²) < 4.78 is 1.87. The van der Waals surface area contributed by atoms with Crippen LogP contribution in [0.1, 0.15) is 15.8 Å². The van der Waals surface area contributed by atoms with Crippen LogP contribution in [0, 0.1) is 0 Å². The van der Waals surface area contributed by atoms with E-state index in [0.29, 0.717) is 0 Å². The van der Waals surface area contributed by atoms with Crippen LogP contribution in [-0.4, -0.2) is 0 Å². The van der Waals surface area contributed by atoms with E-state index >= 15 is 0 Å². The van der Waals surface area contributed by atoms with Gasteiger partial charge in [0.05, 0.1) is 10.4 Å². The molecule has 0 saturated carbocycles. The summed E-state index contributed by atoms with van der Waals surface area (Å²) in [5.41, 5.74) is 1.08. The number of thiophene rings is 2. The van der Waals surface area contributed by atoms with Crippen LogP contribution in [0.4, 0.5) is 5.69 Å². The third kappa shape index (κ3) is 3.09. The van der Waals surface area contributed by atoms with Crippen molar-refractivity contribution in [3.05, 3.63) is 72.5 Å². The molecule has 2 aromatic heterocycles. The molecule has 0 fully saturated rings. The SMILES string of the molecule is Clc1ccc(C(Nc2ccccc2Br)c2cccs2)s1. The Morgan fingerprint density at radius 1 is 1.00 bits per heavy atom. The third-order valence-electron chi connectivity index (χ3n) is 2.88. The minimum absolute atomic E-state index is 0.131. The van der Waals surface area contributed by atoms with Crippen LogP contribution in [0.2, 0.25) is 4.34 Å². The average molecular weight is 385 g/mol. The highest BCUT2D eigenvalue weighted by atomic mass is 79.9. The molecule has 0 aliphatic rings. The van der Waals surface area contributed by atoms with Gasteiger partial charge in [-0.1, -0.05) is 29.8 Å². The first-order valence-corrected chi connectivity index (χ1v) is 8.90. The molecular weight excluding hydrogens is 374 g/mol. The summed E-state index contributed by atoms with van der Waals surface area (Å²) in [5, 5.41) is 5.69. The maximum Gasteiger partial charge on any atom is 0.0954 e. The maximum atomic E-state index is 6.09. The van der Waals surface area contributed by atoms with E-state index in [2.05, 4.69) is 50.9 Å². The van der Waals surface area contributed by atoms with E-state index in [-0.39, 0.29) is 6.04 Å². The Morgan fingerprint density at radius 3 is 2.50 bits per heavy atom. The van der Waals surface area contributed by atoms with Crippen molar-refractivity contribution in [1.29, 1.82) is 0 Å². The molecule has 2 heterocycles. The molecule has 1 N–H and O–H groups in total.